The number of benzene rings is 2. The second-order valence-electron chi connectivity index (χ2n) is 14.2. The number of rotatable bonds is 9. The highest BCUT2D eigenvalue weighted by Gasteiger charge is 2.54. The van der Waals surface area contributed by atoms with E-state index in [1.807, 2.05) is 29.2 Å². The Balaban J connectivity index is 0.00000442. The van der Waals surface area contributed by atoms with Gasteiger partial charge in [0.15, 0.2) is 0 Å². The molecular formula is C36H52ClN3O4. The van der Waals surface area contributed by atoms with Gasteiger partial charge in [0, 0.05) is 32.6 Å². The smallest absolute Gasteiger partial charge is 0.246 e. The molecule has 44 heavy (non-hydrogen) atoms. The summed E-state index contributed by atoms with van der Waals surface area (Å²) in [5.41, 5.74) is 0.931. The molecule has 2 aromatic rings. The van der Waals surface area contributed by atoms with E-state index < -0.39 is 17.2 Å². The van der Waals surface area contributed by atoms with Crippen molar-refractivity contribution in [2.45, 2.75) is 121 Å². The molecule has 1 spiro atoms. The number of unbranched alkanes of at least 4 members (excludes halogenated alkanes) is 1. The molecule has 2 N–H and O–H groups in total. The van der Waals surface area contributed by atoms with Crippen molar-refractivity contribution in [3.63, 3.8) is 0 Å². The quantitative estimate of drug-likeness (QED) is 0.322. The van der Waals surface area contributed by atoms with Gasteiger partial charge in [0.2, 0.25) is 11.8 Å². The van der Waals surface area contributed by atoms with Crippen LogP contribution in [0.1, 0.15) is 103 Å². The predicted octanol–water partition coefficient (Wildman–Crippen LogP) is 6.75. The number of hydrogen-bond acceptors (Lipinski definition) is 5. The number of halogens is 1. The van der Waals surface area contributed by atoms with Crippen LogP contribution in [0.25, 0.3) is 0 Å². The lowest BCUT2D eigenvalue weighted by Crippen LogP contribution is -2.73. The van der Waals surface area contributed by atoms with Gasteiger partial charge >= 0.3 is 0 Å². The summed E-state index contributed by atoms with van der Waals surface area (Å²) in [7, 11) is 0. The number of hydrogen-bond donors (Lipinski definition) is 2. The van der Waals surface area contributed by atoms with Gasteiger partial charge in [0.1, 0.15) is 23.1 Å². The van der Waals surface area contributed by atoms with E-state index in [-0.39, 0.29) is 29.6 Å². The van der Waals surface area contributed by atoms with Crippen LogP contribution >= 0.6 is 12.4 Å². The summed E-state index contributed by atoms with van der Waals surface area (Å²) in [5.74, 6) is 1.58. The summed E-state index contributed by atoms with van der Waals surface area (Å²) >= 11 is 0. The molecule has 7 nitrogen and oxygen atoms in total. The first-order valence-corrected chi connectivity index (χ1v) is 16.5. The molecule has 3 fully saturated rings. The van der Waals surface area contributed by atoms with Crippen molar-refractivity contribution in [3.8, 4) is 11.5 Å². The number of carbonyl (C=O) groups is 2. The highest BCUT2D eigenvalue weighted by molar-refractivity contribution is 6.00. The van der Waals surface area contributed by atoms with Gasteiger partial charge in [-0.3, -0.25) is 14.5 Å². The summed E-state index contributed by atoms with van der Waals surface area (Å²) in [6, 6.07) is 15.9. The topological polar surface area (TPSA) is 82.1 Å². The number of amides is 2. The van der Waals surface area contributed by atoms with Crippen LogP contribution in [0.4, 0.5) is 0 Å². The van der Waals surface area contributed by atoms with E-state index in [4.69, 9.17) is 4.74 Å². The van der Waals surface area contributed by atoms with E-state index in [9.17, 15) is 14.7 Å². The zero-order chi connectivity index (χ0) is 30.7. The van der Waals surface area contributed by atoms with Gasteiger partial charge in [-0.1, -0.05) is 77.6 Å². The summed E-state index contributed by atoms with van der Waals surface area (Å²) in [6.45, 7) is 11.6. The molecule has 2 saturated heterocycles. The molecule has 3 aliphatic rings. The van der Waals surface area contributed by atoms with Gasteiger partial charge in [-0.15, -0.1) is 12.4 Å². The van der Waals surface area contributed by atoms with Gasteiger partial charge in [-0.2, -0.15) is 0 Å². The molecule has 1 atom stereocenters. The number of aliphatic hydroxyl groups is 1. The number of nitrogens with zero attached hydrogens (tertiary/aromatic N) is 2. The lowest BCUT2D eigenvalue weighted by Gasteiger charge is -2.52. The second-order valence-corrected chi connectivity index (χ2v) is 14.2. The number of nitrogens with one attached hydrogen (secondary N) is 1. The van der Waals surface area contributed by atoms with Crippen molar-refractivity contribution in [2.24, 2.45) is 0 Å². The summed E-state index contributed by atoms with van der Waals surface area (Å²) < 4.78 is 6.08. The van der Waals surface area contributed by atoms with Crippen molar-refractivity contribution in [1.82, 2.24) is 15.1 Å². The maximum atomic E-state index is 13.8. The Morgan fingerprint density at radius 1 is 0.909 bits per heavy atom. The van der Waals surface area contributed by atoms with Gasteiger partial charge < -0.3 is 20.1 Å². The third-order valence-electron chi connectivity index (χ3n) is 9.88. The lowest BCUT2D eigenvalue weighted by atomic mass is 9.77. The van der Waals surface area contributed by atoms with Gasteiger partial charge in [-0.25, -0.2) is 0 Å². The van der Waals surface area contributed by atoms with Crippen LogP contribution in [-0.4, -0.2) is 63.5 Å². The largest absolute Gasteiger partial charge is 0.457 e. The normalized spacial score (nSPS) is 21.9. The Hall–Kier alpha value is -2.61. The number of carbonyl (C=O) groups excluding carboxylic acids is 2. The number of likely N-dealkylation sites (tertiary alicyclic amines) is 1. The van der Waals surface area contributed by atoms with Crippen molar-refractivity contribution in [3.05, 3.63) is 59.7 Å². The average Bonchev–Trinajstić information content (AvgIpc) is 2.98. The van der Waals surface area contributed by atoms with Gasteiger partial charge in [-0.05, 0) is 72.9 Å². The van der Waals surface area contributed by atoms with Crippen molar-refractivity contribution >= 4 is 24.2 Å². The molecule has 2 amide bonds. The maximum absolute atomic E-state index is 13.8. The molecule has 0 aromatic heterocycles. The fraction of sp³-hybridized carbons (Fsp3) is 0.611. The van der Waals surface area contributed by atoms with E-state index in [2.05, 4.69) is 62.2 Å². The molecule has 0 unspecified atom stereocenters. The maximum Gasteiger partial charge on any atom is 0.246 e. The van der Waals surface area contributed by atoms with E-state index in [0.29, 0.717) is 38.6 Å². The number of piperidine rings is 1. The molecule has 5 rings (SSSR count). The van der Waals surface area contributed by atoms with Crippen LogP contribution in [0.5, 0.6) is 11.5 Å². The predicted molar refractivity (Wildman–Crippen MR) is 177 cm³/mol. The zero-order valence-electron chi connectivity index (χ0n) is 27.1. The van der Waals surface area contributed by atoms with Crippen LogP contribution in [-0.2, 0) is 21.5 Å². The Bertz CT molecular complexity index is 1240. The molecule has 2 heterocycles. The van der Waals surface area contributed by atoms with Crippen LogP contribution in [0, 0.1) is 0 Å². The fourth-order valence-corrected chi connectivity index (χ4v) is 7.11. The molecule has 2 aliphatic heterocycles. The SMILES string of the molecule is CCCCN1C(=O)[C@@H](CC2(O)CCCCC2)NC(=O)C12CCN(Cc1ccc(Oc3ccc(C(C)(C)C)cc3)cc1)CC2.Cl. The Morgan fingerprint density at radius 2 is 1.50 bits per heavy atom. The minimum Gasteiger partial charge on any atom is -0.457 e. The molecule has 242 valence electrons. The summed E-state index contributed by atoms with van der Waals surface area (Å²) in [4.78, 5) is 31.9. The van der Waals surface area contributed by atoms with E-state index in [0.717, 1.165) is 63.2 Å². The lowest BCUT2D eigenvalue weighted by molar-refractivity contribution is -0.163. The van der Waals surface area contributed by atoms with Crippen LogP contribution in [0.15, 0.2) is 48.5 Å². The highest BCUT2D eigenvalue weighted by Crippen LogP contribution is 2.38. The molecule has 1 saturated carbocycles. The first-order valence-electron chi connectivity index (χ1n) is 16.5. The average molecular weight is 626 g/mol. The second kappa shape index (κ2) is 14.2. The van der Waals surface area contributed by atoms with Crippen LogP contribution in [0.3, 0.4) is 0 Å². The molecule has 2 aromatic carbocycles. The van der Waals surface area contributed by atoms with Crippen LogP contribution < -0.4 is 10.1 Å². The number of piperazine rings is 1. The van der Waals surface area contributed by atoms with E-state index in [1.165, 1.54) is 11.1 Å². The number of ether oxygens (including phenoxy) is 1. The zero-order valence-corrected chi connectivity index (χ0v) is 27.9. The summed E-state index contributed by atoms with van der Waals surface area (Å²) in [6.07, 6.45) is 7.90. The fourth-order valence-electron chi connectivity index (χ4n) is 7.11. The Labute approximate surface area is 270 Å². The minimum absolute atomic E-state index is 0. The van der Waals surface area contributed by atoms with E-state index in [1.54, 1.807) is 0 Å². The first-order chi connectivity index (χ1) is 20.5. The van der Waals surface area contributed by atoms with Crippen molar-refractivity contribution in [2.75, 3.05) is 19.6 Å². The first kappa shape index (κ1) is 34.3. The minimum atomic E-state index is -0.854. The summed E-state index contributed by atoms with van der Waals surface area (Å²) in [5, 5.41) is 14.2. The third-order valence-corrected chi connectivity index (χ3v) is 9.88. The van der Waals surface area contributed by atoms with E-state index >= 15 is 0 Å². The molecule has 1 aliphatic carbocycles. The van der Waals surface area contributed by atoms with Crippen LogP contribution in [0.2, 0.25) is 0 Å². The van der Waals surface area contributed by atoms with Gasteiger partial charge in [0.05, 0.1) is 5.60 Å². The highest BCUT2D eigenvalue weighted by atomic mass is 35.5. The van der Waals surface area contributed by atoms with Gasteiger partial charge in [0.25, 0.3) is 0 Å². The molecule has 8 heteroatoms. The molecule has 0 bridgehead atoms. The third kappa shape index (κ3) is 7.78. The van der Waals surface area contributed by atoms with Crippen molar-refractivity contribution < 1.29 is 19.4 Å². The monoisotopic (exact) mass is 625 g/mol. The Morgan fingerprint density at radius 3 is 2.07 bits per heavy atom. The molecular weight excluding hydrogens is 574 g/mol. The van der Waals surface area contributed by atoms with Crippen molar-refractivity contribution in [1.29, 1.82) is 0 Å². The Kier molecular flexibility index (Phi) is 11.1. The standard InChI is InChI=1S/C36H51N3O4.ClH/c1-5-6-22-39-32(40)31(25-35(42)18-8-7-9-19-35)37-33(41)36(39)20-23-38(24-21-36)26-27-10-14-29(15-11-27)43-30-16-12-28(13-17-30)34(2,3)4;/h10-17,31,42H,5-9,18-26H2,1-4H3,(H,37,41);1H/t31-;/m1./s1. The molecule has 0 radical (unpaired) electrons.